The van der Waals surface area contributed by atoms with E-state index in [1.54, 1.807) is 12.7 Å². The molecule has 0 N–H and O–H groups in total. The number of nitrogens with zero attached hydrogens (tertiary/aromatic N) is 4. The second-order valence-electron chi connectivity index (χ2n) is 3.88. The number of fused-ring (bicyclic) bond motifs is 1. The van der Waals surface area contributed by atoms with Crippen LogP contribution in [0.2, 0.25) is 0 Å². The van der Waals surface area contributed by atoms with Crippen LogP contribution in [0, 0.1) is 0 Å². The van der Waals surface area contributed by atoms with Gasteiger partial charge in [-0.15, -0.1) is 0 Å². The van der Waals surface area contributed by atoms with Gasteiger partial charge in [-0.2, -0.15) is 0 Å². The second-order valence-corrected chi connectivity index (χ2v) is 3.88. The first-order valence-electron chi connectivity index (χ1n) is 5.37. The number of benzene rings is 1. The fourth-order valence-corrected chi connectivity index (χ4v) is 2.06. The van der Waals surface area contributed by atoms with E-state index in [-0.39, 0.29) is 0 Å². The molecule has 2 heterocycles. The smallest absolute Gasteiger partial charge is 0.228 e. The van der Waals surface area contributed by atoms with Gasteiger partial charge in [0.05, 0.1) is 0 Å². The molecule has 80 valence electrons. The number of rotatable bonds is 1. The normalized spacial score (nSPS) is 14.6. The first-order valence-corrected chi connectivity index (χ1v) is 5.37. The predicted octanol–water partition coefficient (Wildman–Crippen LogP) is 1.43. The van der Waals surface area contributed by atoms with Crippen molar-refractivity contribution >= 4 is 5.95 Å². The van der Waals surface area contributed by atoms with E-state index < -0.39 is 0 Å². The third-order valence-electron chi connectivity index (χ3n) is 2.89. The average molecular weight is 212 g/mol. The summed E-state index contributed by atoms with van der Waals surface area (Å²) in [4.78, 5) is 14.4. The van der Waals surface area contributed by atoms with Crippen molar-refractivity contribution in [2.75, 3.05) is 11.4 Å². The van der Waals surface area contributed by atoms with E-state index in [0.29, 0.717) is 0 Å². The quantitative estimate of drug-likeness (QED) is 0.717. The lowest BCUT2D eigenvalue weighted by Gasteiger charge is -2.28. The Morgan fingerprint density at radius 3 is 2.56 bits per heavy atom. The van der Waals surface area contributed by atoms with Crippen molar-refractivity contribution in [2.24, 2.45) is 0 Å². The van der Waals surface area contributed by atoms with E-state index in [0.717, 1.165) is 25.5 Å². The third-order valence-corrected chi connectivity index (χ3v) is 2.89. The summed E-state index contributed by atoms with van der Waals surface area (Å²) in [5.41, 5.74) is 2.81. The highest BCUT2D eigenvalue weighted by atomic mass is 15.3. The summed E-state index contributed by atoms with van der Waals surface area (Å²) in [6, 6.07) is 8.54. The molecule has 2 aromatic rings. The zero-order chi connectivity index (χ0) is 10.8. The first-order chi connectivity index (χ1) is 7.93. The zero-order valence-electron chi connectivity index (χ0n) is 8.87. The van der Waals surface area contributed by atoms with Gasteiger partial charge >= 0.3 is 0 Å². The largest absolute Gasteiger partial charge is 0.336 e. The Balaban J connectivity index is 1.89. The van der Waals surface area contributed by atoms with Crippen LogP contribution in [-0.4, -0.2) is 21.5 Å². The van der Waals surface area contributed by atoms with Crippen molar-refractivity contribution in [3.8, 4) is 0 Å². The maximum absolute atomic E-state index is 4.18. The van der Waals surface area contributed by atoms with Crippen LogP contribution in [0.4, 0.5) is 5.95 Å². The maximum Gasteiger partial charge on any atom is 0.228 e. The number of hydrogen-bond acceptors (Lipinski definition) is 4. The van der Waals surface area contributed by atoms with E-state index in [2.05, 4.69) is 44.1 Å². The van der Waals surface area contributed by atoms with E-state index in [9.17, 15) is 0 Å². The molecule has 0 aliphatic carbocycles. The summed E-state index contributed by atoms with van der Waals surface area (Å²) in [6.07, 6.45) is 4.15. The van der Waals surface area contributed by atoms with Crippen LogP contribution in [0.1, 0.15) is 11.1 Å². The number of hydrogen-bond donors (Lipinski definition) is 0. The molecule has 3 rings (SSSR count). The molecule has 4 nitrogen and oxygen atoms in total. The minimum absolute atomic E-state index is 0.768. The standard InChI is InChI=1S/C12H12N4/c1-2-4-11-7-16(6-5-10(11)3-1)12-14-8-13-9-15-12/h1-4,8-9H,5-7H2. The van der Waals surface area contributed by atoms with Crippen LogP contribution in [0.25, 0.3) is 0 Å². The summed E-state index contributed by atoms with van der Waals surface area (Å²) >= 11 is 0. The molecule has 0 saturated carbocycles. The van der Waals surface area contributed by atoms with E-state index in [1.807, 2.05) is 0 Å². The van der Waals surface area contributed by atoms with E-state index >= 15 is 0 Å². The molecule has 0 bridgehead atoms. The summed E-state index contributed by atoms with van der Waals surface area (Å²) in [5.74, 6) is 0.768. The predicted molar refractivity (Wildman–Crippen MR) is 61.0 cm³/mol. The minimum Gasteiger partial charge on any atom is -0.336 e. The molecule has 0 radical (unpaired) electrons. The van der Waals surface area contributed by atoms with Crippen molar-refractivity contribution in [2.45, 2.75) is 13.0 Å². The fraction of sp³-hybridized carbons (Fsp3) is 0.250. The number of aromatic nitrogens is 3. The molecule has 1 aliphatic rings. The highest BCUT2D eigenvalue weighted by Gasteiger charge is 2.17. The Hall–Kier alpha value is -1.97. The van der Waals surface area contributed by atoms with Crippen LogP contribution in [0.5, 0.6) is 0 Å². The Labute approximate surface area is 94.0 Å². The lowest BCUT2D eigenvalue weighted by molar-refractivity contribution is 0.704. The Kier molecular flexibility index (Phi) is 2.25. The fourth-order valence-electron chi connectivity index (χ4n) is 2.06. The molecule has 1 aromatic heterocycles. The Morgan fingerprint density at radius 1 is 1.00 bits per heavy atom. The van der Waals surface area contributed by atoms with Crippen LogP contribution >= 0.6 is 0 Å². The van der Waals surface area contributed by atoms with Crippen LogP contribution in [0.3, 0.4) is 0 Å². The summed E-state index contributed by atoms with van der Waals surface area (Å²) in [5, 5.41) is 0. The molecule has 0 saturated heterocycles. The molecule has 0 amide bonds. The average Bonchev–Trinajstić information content (AvgIpc) is 2.39. The summed E-state index contributed by atoms with van der Waals surface area (Å²) < 4.78 is 0. The molecular weight excluding hydrogens is 200 g/mol. The van der Waals surface area contributed by atoms with Crippen molar-refractivity contribution in [1.29, 1.82) is 0 Å². The SMILES string of the molecule is c1ccc2c(c1)CCN(c1ncncn1)C2. The van der Waals surface area contributed by atoms with Crippen molar-refractivity contribution in [3.63, 3.8) is 0 Å². The van der Waals surface area contributed by atoms with Crippen molar-refractivity contribution < 1.29 is 0 Å². The van der Waals surface area contributed by atoms with Gasteiger partial charge in [0, 0.05) is 13.1 Å². The number of anilines is 1. The molecule has 4 heteroatoms. The maximum atomic E-state index is 4.18. The van der Waals surface area contributed by atoms with Crippen LogP contribution in [0.15, 0.2) is 36.9 Å². The van der Waals surface area contributed by atoms with Gasteiger partial charge in [0.25, 0.3) is 0 Å². The molecule has 0 spiro atoms. The zero-order valence-corrected chi connectivity index (χ0v) is 8.87. The minimum atomic E-state index is 0.768. The van der Waals surface area contributed by atoms with Gasteiger partial charge in [-0.3, -0.25) is 0 Å². The second kappa shape index (κ2) is 3.89. The third kappa shape index (κ3) is 1.62. The van der Waals surface area contributed by atoms with Gasteiger partial charge in [0.2, 0.25) is 5.95 Å². The summed E-state index contributed by atoms with van der Waals surface area (Å²) in [6.45, 7) is 1.86. The van der Waals surface area contributed by atoms with Gasteiger partial charge in [-0.1, -0.05) is 24.3 Å². The molecular formula is C12H12N4. The molecule has 0 fully saturated rings. The summed E-state index contributed by atoms with van der Waals surface area (Å²) in [7, 11) is 0. The Bertz CT molecular complexity index is 483. The lowest BCUT2D eigenvalue weighted by Crippen LogP contribution is -2.31. The van der Waals surface area contributed by atoms with E-state index in [1.165, 1.54) is 11.1 Å². The molecule has 0 unspecified atom stereocenters. The van der Waals surface area contributed by atoms with Crippen molar-refractivity contribution in [3.05, 3.63) is 48.0 Å². The highest BCUT2D eigenvalue weighted by Crippen LogP contribution is 2.20. The van der Waals surface area contributed by atoms with Crippen molar-refractivity contribution in [1.82, 2.24) is 15.0 Å². The topological polar surface area (TPSA) is 41.9 Å². The van der Waals surface area contributed by atoms with E-state index in [4.69, 9.17) is 0 Å². The first kappa shape index (κ1) is 9.27. The van der Waals surface area contributed by atoms with Gasteiger partial charge in [-0.25, -0.2) is 15.0 Å². The monoisotopic (exact) mass is 212 g/mol. The molecule has 1 aliphatic heterocycles. The molecule has 16 heavy (non-hydrogen) atoms. The van der Waals surface area contributed by atoms with Gasteiger partial charge in [0.1, 0.15) is 12.7 Å². The van der Waals surface area contributed by atoms with Crippen LogP contribution < -0.4 is 4.90 Å². The molecule has 1 aromatic carbocycles. The lowest BCUT2D eigenvalue weighted by atomic mass is 10.0. The van der Waals surface area contributed by atoms with Crippen LogP contribution in [-0.2, 0) is 13.0 Å². The Morgan fingerprint density at radius 2 is 1.75 bits per heavy atom. The highest BCUT2D eigenvalue weighted by molar-refractivity contribution is 5.38. The molecule has 0 atom stereocenters. The van der Waals surface area contributed by atoms with Gasteiger partial charge in [-0.05, 0) is 17.5 Å². The van der Waals surface area contributed by atoms with Gasteiger partial charge < -0.3 is 4.90 Å². The van der Waals surface area contributed by atoms with Gasteiger partial charge in [0.15, 0.2) is 0 Å².